The number of rotatable bonds is 6. The fourth-order valence-corrected chi connectivity index (χ4v) is 2.48. The molecular weight excluding hydrogens is 322 g/mol. The molecule has 0 unspecified atom stereocenters. The van der Waals surface area contributed by atoms with Crippen molar-refractivity contribution < 1.29 is 14.4 Å². The average Bonchev–Trinajstić information content (AvgIpc) is 3.06. The first kappa shape index (κ1) is 16.6. The number of carboxylic acids is 1. The first-order valence-corrected chi connectivity index (χ1v) is 7.83. The van der Waals surface area contributed by atoms with E-state index in [1.807, 2.05) is 43.3 Å². The first-order chi connectivity index (χ1) is 12.0. The van der Waals surface area contributed by atoms with Crippen molar-refractivity contribution >= 4 is 5.97 Å². The number of hydrogen-bond acceptors (Lipinski definition) is 5. The zero-order chi connectivity index (χ0) is 17.8. The molecule has 2 heterocycles. The molecule has 0 atom stereocenters. The lowest BCUT2D eigenvalue weighted by molar-refractivity contribution is -0.137. The molecule has 7 heteroatoms. The molecule has 3 rings (SSSR count). The summed E-state index contributed by atoms with van der Waals surface area (Å²) in [6.07, 6.45) is 0.0279. The third kappa shape index (κ3) is 3.82. The molecular formula is C18H17N3O4. The molecule has 0 fully saturated rings. The largest absolute Gasteiger partial charge is 0.481 e. The molecule has 0 aliphatic heterocycles. The Bertz CT molecular complexity index is 944. The Morgan fingerprint density at radius 1 is 1.20 bits per heavy atom. The Kier molecular flexibility index (Phi) is 4.74. The van der Waals surface area contributed by atoms with E-state index in [1.165, 1.54) is 0 Å². The van der Waals surface area contributed by atoms with Crippen LogP contribution < -0.4 is 5.56 Å². The van der Waals surface area contributed by atoms with Crippen LogP contribution >= 0.6 is 0 Å². The number of carbonyl (C=O) groups is 1. The van der Waals surface area contributed by atoms with E-state index in [0.717, 1.165) is 11.3 Å². The molecule has 0 saturated carbocycles. The van der Waals surface area contributed by atoms with Crippen LogP contribution in [0.5, 0.6) is 0 Å². The molecule has 1 aromatic carbocycles. The summed E-state index contributed by atoms with van der Waals surface area (Å²) < 4.78 is 6.69. The molecule has 0 aliphatic carbocycles. The molecule has 2 aromatic heterocycles. The quantitative estimate of drug-likeness (QED) is 0.740. The minimum absolute atomic E-state index is 0.103. The average molecular weight is 339 g/mol. The van der Waals surface area contributed by atoms with Crippen LogP contribution in [0.3, 0.4) is 0 Å². The van der Waals surface area contributed by atoms with Gasteiger partial charge in [-0.25, -0.2) is 0 Å². The number of aliphatic carboxylic acids is 1. The Labute approximate surface area is 143 Å². The third-order valence-electron chi connectivity index (χ3n) is 3.84. The highest BCUT2D eigenvalue weighted by Crippen LogP contribution is 2.14. The molecule has 0 spiro atoms. The van der Waals surface area contributed by atoms with Gasteiger partial charge in [0.25, 0.3) is 5.56 Å². The van der Waals surface area contributed by atoms with E-state index in [-0.39, 0.29) is 30.1 Å². The van der Waals surface area contributed by atoms with Crippen molar-refractivity contribution in [2.24, 2.45) is 0 Å². The fourth-order valence-electron chi connectivity index (χ4n) is 2.48. The topological polar surface area (TPSA) is 98.2 Å². The zero-order valence-electron chi connectivity index (χ0n) is 13.7. The number of nitrogens with zero attached hydrogens (tertiary/aromatic N) is 3. The SMILES string of the molecule is Cc1ccc(-c2noc(CCC(=O)O)n2)c(=O)n1Cc1ccccc1. The first-order valence-electron chi connectivity index (χ1n) is 7.83. The van der Waals surface area contributed by atoms with Gasteiger partial charge in [-0.05, 0) is 24.6 Å². The zero-order valence-corrected chi connectivity index (χ0v) is 13.7. The van der Waals surface area contributed by atoms with Gasteiger partial charge in [-0.15, -0.1) is 0 Å². The minimum Gasteiger partial charge on any atom is -0.481 e. The van der Waals surface area contributed by atoms with Gasteiger partial charge in [0.15, 0.2) is 0 Å². The van der Waals surface area contributed by atoms with Crippen LogP contribution in [-0.4, -0.2) is 25.8 Å². The highest BCUT2D eigenvalue weighted by molar-refractivity contribution is 5.66. The summed E-state index contributed by atoms with van der Waals surface area (Å²) >= 11 is 0. The number of benzene rings is 1. The van der Waals surface area contributed by atoms with Crippen LogP contribution in [0.2, 0.25) is 0 Å². The fraction of sp³-hybridized carbons (Fsp3) is 0.222. The van der Waals surface area contributed by atoms with Crippen molar-refractivity contribution in [3.63, 3.8) is 0 Å². The summed E-state index contributed by atoms with van der Waals surface area (Å²) in [5, 5.41) is 12.5. The van der Waals surface area contributed by atoms with E-state index in [2.05, 4.69) is 10.1 Å². The van der Waals surface area contributed by atoms with Crippen molar-refractivity contribution in [3.05, 3.63) is 70.0 Å². The second kappa shape index (κ2) is 7.12. The molecule has 25 heavy (non-hydrogen) atoms. The van der Waals surface area contributed by atoms with E-state index < -0.39 is 5.97 Å². The maximum Gasteiger partial charge on any atom is 0.303 e. The summed E-state index contributed by atoms with van der Waals surface area (Å²) in [5.41, 5.74) is 1.95. The van der Waals surface area contributed by atoms with Crippen molar-refractivity contribution in [1.82, 2.24) is 14.7 Å². The molecule has 0 radical (unpaired) electrons. The van der Waals surface area contributed by atoms with Crippen LogP contribution in [0.4, 0.5) is 0 Å². The number of hydrogen-bond donors (Lipinski definition) is 1. The normalized spacial score (nSPS) is 10.8. The predicted molar refractivity (Wildman–Crippen MR) is 90.2 cm³/mol. The van der Waals surface area contributed by atoms with Crippen molar-refractivity contribution in [2.45, 2.75) is 26.3 Å². The van der Waals surface area contributed by atoms with Crippen LogP contribution in [0.1, 0.15) is 23.6 Å². The van der Waals surface area contributed by atoms with Crippen LogP contribution in [-0.2, 0) is 17.8 Å². The predicted octanol–water partition coefficient (Wildman–Crippen LogP) is 2.27. The third-order valence-corrected chi connectivity index (χ3v) is 3.84. The summed E-state index contributed by atoms with van der Waals surface area (Å²) in [4.78, 5) is 27.6. The van der Waals surface area contributed by atoms with Gasteiger partial charge in [-0.3, -0.25) is 9.59 Å². The van der Waals surface area contributed by atoms with Gasteiger partial charge in [0, 0.05) is 12.1 Å². The monoisotopic (exact) mass is 339 g/mol. The van der Waals surface area contributed by atoms with Gasteiger partial charge < -0.3 is 14.2 Å². The molecule has 7 nitrogen and oxygen atoms in total. The number of aryl methyl sites for hydroxylation is 2. The van der Waals surface area contributed by atoms with Gasteiger partial charge in [0.2, 0.25) is 11.7 Å². The van der Waals surface area contributed by atoms with E-state index in [4.69, 9.17) is 9.63 Å². The minimum atomic E-state index is -0.944. The van der Waals surface area contributed by atoms with Gasteiger partial charge in [0.1, 0.15) is 0 Å². The summed E-state index contributed by atoms with van der Waals surface area (Å²) in [6.45, 7) is 2.31. The standard InChI is InChI=1S/C18H17N3O4/c1-12-7-8-14(17-19-15(25-20-17)9-10-16(22)23)18(24)21(12)11-13-5-3-2-4-6-13/h2-8H,9-11H2,1H3,(H,22,23). The van der Waals surface area contributed by atoms with Gasteiger partial charge >= 0.3 is 5.97 Å². The van der Waals surface area contributed by atoms with E-state index in [1.54, 1.807) is 10.6 Å². The molecule has 0 amide bonds. The van der Waals surface area contributed by atoms with E-state index >= 15 is 0 Å². The summed E-state index contributed by atoms with van der Waals surface area (Å²) in [7, 11) is 0. The van der Waals surface area contributed by atoms with Crippen molar-refractivity contribution in [2.75, 3.05) is 0 Å². The van der Waals surface area contributed by atoms with Gasteiger partial charge in [0.05, 0.1) is 18.5 Å². The molecule has 0 saturated heterocycles. The van der Waals surface area contributed by atoms with Crippen molar-refractivity contribution in [1.29, 1.82) is 0 Å². The maximum absolute atomic E-state index is 12.8. The molecule has 0 bridgehead atoms. The van der Waals surface area contributed by atoms with Crippen LogP contribution in [0.25, 0.3) is 11.4 Å². The van der Waals surface area contributed by atoms with E-state index in [0.29, 0.717) is 12.1 Å². The summed E-state index contributed by atoms with van der Waals surface area (Å²) in [5.74, 6) is -0.570. The van der Waals surface area contributed by atoms with Crippen molar-refractivity contribution in [3.8, 4) is 11.4 Å². The lowest BCUT2D eigenvalue weighted by atomic mass is 10.2. The second-order valence-corrected chi connectivity index (χ2v) is 5.67. The second-order valence-electron chi connectivity index (χ2n) is 5.67. The summed E-state index contributed by atoms with van der Waals surface area (Å²) in [6, 6.07) is 13.2. The van der Waals surface area contributed by atoms with Crippen LogP contribution in [0.15, 0.2) is 51.8 Å². The number of carboxylic acid groups (broad SMARTS) is 1. The highest BCUT2D eigenvalue weighted by atomic mass is 16.5. The molecule has 1 N–H and O–H groups in total. The Balaban J connectivity index is 1.92. The number of pyridine rings is 1. The highest BCUT2D eigenvalue weighted by Gasteiger charge is 2.15. The Morgan fingerprint density at radius 3 is 2.68 bits per heavy atom. The van der Waals surface area contributed by atoms with E-state index in [9.17, 15) is 9.59 Å². The Hall–Kier alpha value is -3.22. The molecule has 3 aromatic rings. The lowest BCUT2D eigenvalue weighted by Crippen LogP contribution is -2.24. The molecule has 0 aliphatic rings. The van der Waals surface area contributed by atoms with Gasteiger partial charge in [-0.2, -0.15) is 4.98 Å². The maximum atomic E-state index is 12.8. The smallest absolute Gasteiger partial charge is 0.303 e. The lowest BCUT2D eigenvalue weighted by Gasteiger charge is -2.11. The number of aromatic nitrogens is 3. The Morgan fingerprint density at radius 2 is 1.96 bits per heavy atom. The molecule has 128 valence electrons. The van der Waals surface area contributed by atoms with Crippen LogP contribution in [0, 0.1) is 6.92 Å². The van der Waals surface area contributed by atoms with Gasteiger partial charge in [-0.1, -0.05) is 35.5 Å².